The van der Waals surface area contributed by atoms with Gasteiger partial charge in [-0.1, -0.05) is 13.8 Å². The van der Waals surface area contributed by atoms with Crippen LogP contribution in [0.4, 0.5) is 0 Å². The summed E-state index contributed by atoms with van der Waals surface area (Å²) in [5, 5.41) is -0.139. The maximum Gasteiger partial charge on any atom is 0.117 e. The molecule has 0 aliphatic heterocycles. The lowest BCUT2D eigenvalue weighted by Crippen LogP contribution is -2.01. The number of carbonyl (C=O) groups is 1. The molecule has 6 heavy (non-hydrogen) atoms. The van der Waals surface area contributed by atoms with E-state index in [1.54, 1.807) is 0 Å². The molecule has 0 saturated heterocycles. The van der Waals surface area contributed by atoms with Crippen molar-refractivity contribution in [2.45, 2.75) is 19.2 Å². The molecule has 0 spiro atoms. The smallest absolute Gasteiger partial charge is 0.117 e. The van der Waals surface area contributed by atoms with Gasteiger partial charge in [0.2, 0.25) is 0 Å². The van der Waals surface area contributed by atoms with E-state index in [0.29, 0.717) is 0 Å². The molecule has 0 aliphatic carbocycles. The van der Waals surface area contributed by atoms with E-state index in [1.807, 2.05) is 21.7 Å². The van der Waals surface area contributed by atoms with Crippen molar-refractivity contribution in [3.05, 3.63) is 0 Å². The van der Waals surface area contributed by atoms with Gasteiger partial charge in [-0.15, -0.1) is 0 Å². The summed E-state index contributed by atoms with van der Waals surface area (Å²) in [6, 6.07) is 0. The van der Waals surface area contributed by atoms with E-state index in [-0.39, 0.29) is 5.31 Å². The van der Waals surface area contributed by atoms with Crippen LogP contribution in [0.15, 0.2) is 0 Å². The van der Waals surface area contributed by atoms with Crippen LogP contribution in [-0.4, -0.2) is 14.1 Å². The van der Waals surface area contributed by atoms with Gasteiger partial charge in [0, 0.05) is 0 Å². The first-order valence-corrected chi connectivity index (χ1v) is 2.02. The van der Waals surface area contributed by atoms with Crippen LogP contribution in [0.25, 0.3) is 0 Å². The van der Waals surface area contributed by atoms with E-state index >= 15 is 0 Å². The van der Waals surface area contributed by atoms with Crippen LogP contribution in [0, 0.1) is 0 Å². The topological polar surface area (TPSA) is 17.1 Å². The van der Waals surface area contributed by atoms with E-state index in [9.17, 15) is 4.79 Å². The van der Waals surface area contributed by atoms with Crippen LogP contribution >= 0.6 is 0 Å². The lowest BCUT2D eigenvalue weighted by Gasteiger charge is -2.03. The van der Waals surface area contributed by atoms with Gasteiger partial charge in [0.15, 0.2) is 0 Å². The first kappa shape index (κ1) is 5.73. The van der Waals surface area contributed by atoms with E-state index in [2.05, 4.69) is 0 Å². The molecule has 0 heterocycles. The fourth-order valence-corrected chi connectivity index (χ4v) is 0. The van der Waals surface area contributed by atoms with Crippen molar-refractivity contribution in [3.8, 4) is 0 Å². The van der Waals surface area contributed by atoms with E-state index in [4.69, 9.17) is 0 Å². The number of carbonyl (C=O) groups excluding carboxylic acids is 1. The highest BCUT2D eigenvalue weighted by atomic mass is 16.1. The summed E-state index contributed by atoms with van der Waals surface area (Å²) in [4.78, 5) is 9.83. The van der Waals surface area contributed by atoms with Crippen LogP contribution in [0.5, 0.6) is 0 Å². The van der Waals surface area contributed by atoms with Crippen LogP contribution in [-0.2, 0) is 4.79 Å². The fourth-order valence-electron chi connectivity index (χ4n) is 0. The van der Waals surface area contributed by atoms with Gasteiger partial charge in [0.05, 0.1) is 0 Å². The maximum absolute atomic E-state index is 9.83. The lowest BCUT2D eigenvalue weighted by molar-refractivity contribution is -0.109. The van der Waals surface area contributed by atoms with Gasteiger partial charge in [-0.2, -0.15) is 0 Å². The Morgan fingerprint density at radius 2 is 1.83 bits per heavy atom. The monoisotopic (exact) mass is 84.1 g/mol. The van der Waals surface area contributed by atoms with Gasteiger partial charge < -0.3 is 4.79 Å². The molecular weight excluding hydrogens is 74.9 g/mol. The predicted octanol–water partition coefficient (Wildman–Crippen LogP) is 0.0169. The highest BCUT2D eigenvalue weighted by molar-refractivity contribution is 6.23. The van der Waals surface area contributed by atoms with Gasteiger partial charge in [-0.25, -0.2) is 0 Å². The molecule has 1 nitrogen and oxygen atoms in total. The predicted molar refractivity (Wildman–Crippen MR) is 28.6 cm³/mol. The highest BCUT2D eigenvalue weighted by Gasteiger charge is 2.05. The molecule has 0 aliphatic rings. The molecule has 34 valence electrons. The molecular formula is C4H9BO. The first-order chi connectivity index (χ1) is 2.56. The molecule has 0 aromatic rings. The molecule has 0 unspecified atom stereocenters. The standard InChI is InChI=1S/C4H9BO/c1-4(2,5)3-6/h3H,5H2,1-2H3. The third-order valence-corrected chi connectivity index (χ3v) is 0.354. The zero-order valence-corrected chi connectivity index (χ0v) is 4.49. The van der Waals surface area contributed by atoms with Gasteiger partial charge in [-0.05, 0) is 5.31 Å². The third-order valence-electron chi connectivity index (χ3n) is 0.354. The molecule has 0 saturated carbocycles. The van der Waals surface area contributed by atoms with Crippen molar-refractivity contribution in [3.63, 3.8) is 0 Å². The number of aldehydes is 1. The number of hydrogen-bond donors (Lipinski definition) is 0. The Labute approximate surface area is 39.1 Å². The molecule has 0 atom stereocenters. The zero-order valence-electron chi connectivity index (χ0n) is 4.49. The first-order valence-electron chi connectivity index (χ1n) is 2.02. The lowest BCUT2D eigenvalue weighted by atomic mass is 9.74. The molecule has 2 heteroatoms. The summed E-state index contributed by atoms with van der Waals surface area (Å²) in [7, 11) is 1.88. The Balaban J connectivity index is 3.45. The zero-order chi connectivity index (χ0) is 5.21. The molecule has 0 amide bonds. The summed E-state index contributed by atoms with van der Waals surface area (Å²) in [6.45, 7) is 3.75. The molecule has 0 fully saturated rings. The Morgan fingerprint density at radius 1 is 1.67 bits per heavy atom. The fraction of sp³-hybridized carbons (Fsp3) is 0.750. The third kappa shape index (κ3) is 3.73. The van der Waals surface area contributed by atoms with Gasteiger partial charge in [0.1, 0.15) is 14.1 Å². The molecule has 0 aromatic carbocycles. The van der Waals surface area contributed by atoms with Gasteiger partial charge >= 0.3 is 0 Å². The Kier molecular flexibility index (Phi) is 1.39. The second-order valence-electron chi connectivity index (χ2n) is 2.48. The highest BCUT2D eigenvalue weighted by Crippen LogP contribution is 2.10. The Bertz CT molecular complexity index is 53.1. The van der Waals surface area contributed by atoms with E-state index in [0.717, 1.165) is 6.29 Å². The summed E-state index contributed by atoms with van der Waals surface area (Å²) in [6.07, 6.45) is 0.938. The molecule has 0 N–H and O–H groups in total. The van der Waals surface area contributed by atoms with Gasteiger partial charge in [-0.3, -0.25) is 0 Å². The van der Waals surface area contributed by atoms with Crippen molar-refractivity contribution >= 4 is 14.1 Å². The summed E-state index contributed by atoms with van der Waals surface area (Å²) < 4.78 is 0. The average molecular weight is 83.9 g/mol. The Morgan fingerprint density at radius 3 is 1.83 bits per heavy atom. The van der Waals surface area contributed by atoms with Crippen molar-refractivity contribution in [2.24, 2.45) is 0 Å². The molecule has 0 rings (SSSR count). The van der Waals surface area contributed by atoms with E-state index in [1.165, 1.54) is 0 Å². The minimum atomic E-state index is -0.139. The minimum Gasteiger partial charge on any atom is -0.304 e. The van der Waals surface area contributed by atoms with Crippen molar-refractivity contribution < 1.29 is 4.79 Å². The van der Waals surface area contributed by atoms with Crippen LogP contribution < -0.4 is 0 Å². The van der Waals surface area contributed by atoms with Crippen LogP contribution in [0.3, 0.4) is 0 Å². The van der Waals surface area contributed by atoms with E-state index < -0.39 is 0 Å². The normalized spacial score (nSPS) is 11.0. The Hall–Kier alpha value is -0.265. The van der Waals surface area contributed by atoms with Crippen LogP contribution in [0.2, 0.25) is 5.31 Å². The van der Waals surface area contributed by atoms with Crippen LogP contribution in [0.1, 0.15) is 13.8 Å². The molecule has 0 aromatic heterocycles. The second-order valence-corrected chi connectivity index (χ2v) is 2.48. The molecule has 0 radical (unpaired) electrons. The average Bonchev–Trinajstić information content (AvgIpc) is 1.35. The van der Waals surface area contributed by atoms with Crippen molar-refractivity contribution in [2.75, 3.05) is 0 Å². The largest absolute Gasteiger partial charge is 0.304 e. The number of rotatable bonds is 1. The summed E-state index contributed by atoms with van der Waals surface area (Å²) in [5.74, 6) is 0. The molecule has 0 bridgehead atoms. The SMILES string of the molecule is BC(C)(C)C=O. The summed E-state index contributed by atoms with van der Waals surface area (Å²) >= 11 is 0. The second kappa shape index (κ2) is 1.46. The van der Waals surface area contributed by atoms with Crippen molar-refractivity contribution in [1.29, 1.82) is 0 Å². The quantitative estimate of drug-likeness (QED) is 0.323. The van der Waals surface area contributed by atoms with Crippen molar-refractivity contribution in [1.82, 2.24) is 0 Å². The minimum absolute atomic E-state index is 0.139. The van der Waals surface area contributed by atoms with Gasteiger partial charge in [0.25, 0.3) is 0 Å². The maximum atomic E-state index is 9.83. The number of hydrogen-bond acceptors (Lipinski definition) is 1. The summed E-state index contributed by atoms with van der Waals surface area (Å²) in [5.41, 5.74) is 0.